The lowest BCUT2D eigenvalue weighted by atomic mass is 10.1. The topological polar surface area (TPSA) is 59.3 Å². The van der Waals surface area contributed by atoms with Gasteiger partial charge in [0.2, 0.25) is 0 Å². The molecule has 7 nitrogen and oxygen atoms in total. The first-order valence-corrected chi connectivity index (χ1v) is 8.67. The normalized spacial score (nSPS) is 18.3. The van der Waals surface area contributed by atoms with Crippen molar-refractivity contribution in [2.75, 3.05) is 38.3 Å². The average molecular weight is 328 g/mol. The van der Waals surface area contributed by atoms with Gasteiger partial charge in [0.15, 0.2) is 5.82 Å². The highest BCUT2D eigenvalue weighted by atomic mass is 16.5. The van der Waals surface area contributed by atoms with E-state index in [2.05, 4.69) is 56.6 Å². The van der Waals surface area contributed by atoms with Crippen molar-refractivity contribution >= 4 is 5.69 Å². The number of para-hydroxylation sites is 1. The standard InChI is InChI=1S/C17H24N6O/c1-21(13-17-18-19-20-23(17)15-6-7-15)12-14-4-2-3-5-16(14)22-8-10-24-11-9-22/h2-5,15H,6-13H2,1H3. The minimum absolute atomic E-state index is 0.518. The molecule has 1 aromatic heterocycles. The number of hydrogen-bond donors (Lipinski definition) is 0. The van der Waals surface area contributed by atoms with E-state index in [-0.39, 0.29) is 0 Å². The average Bonchev–Trinajstić information content (AvgIpc) is 3.36. The van der Waals surface area contributed by atoms with Crippen molar-refractivity contribution in [3.05, 3.63) is 35.7 Å². The van der Waals surface area contributed by atoms with E-state index < -0.39 is 0 Å². The Kier molecular flexibility index (Phi) is 4.44. The fraction of sp³-hybridized carbons (Fsp3) is 0.588. The molecule has 1 aliphatic carbocycles. The number of tetrazole rings is 1. The van der Waals surface area contributed by atoms with Crippen molar-refractivity contribution in [2.45, 2.75) is 32.0 Å². The van der Waals surface area contributed by atoms with Gasteiger partial charge in [0.1, 0.15) is 0 Å². The van der Waals surface area contributed by atoms with Crippen molar-refractivity contribution in [1.29, 1.82) is 0 Å². The summed E-state index contributed by atoms with van der Waals surface area (Å²) in [6.07, 6.45) is 2.39. The first-order chi connectivity index (χ1) is 11.8. The van der Waals surface area contributed by atoms with Crippen LogP contribution in [0.5, 0.6) is 0 Å². The Bertz CT molecular complexity index is 677. The molecule has 24 heavy (non-hydrogen) atoms. The fourth-order valence-corrected chi connectivity index (χ4v) is 3.26. The summed E-state index contributed by atoms with van der Waals surface area (Å²) in [7, 11) is 2.13. The quantitative estimate of drug-likeness (QED) is 0.800. The van der Waals surface area contributed by atoms with Crippen LogP contribution in [0.2, 0.25) is 0 Å². The van der Waals surface area contributed by atoms with Crippen LogP contribution in [0.1, 0.15) is 30.3 Å². The van der Waals surface area contributed by atoms with Gasteiger partial charge in [-0.05, 0) is 41.9 Å². The molecule has 2 aliphatic rings. The molecular weight excluding hydrogens is 304 g/mol. The Balaban J connectivity index is 1.45. The lowest BCUT2D eigenvalue weighted by Gasteiger charge is -2.31. The number of benzene rings is 1. The van der Waals surface area contributed by atoms with Crippen LogP contribution < -0.4 is 4.90 Å². The van der Waals surface area contributed by atoms with Crippen molar-refractivity contribution in [3.8, 4) is 0 Å². The summed E-state index contributed by atoms with van der Waals surface area (Å²) in [5.74, 6) is 0.962. The minimum atomic E-state index is 0.518. The molecule has 0 unspecified atom stereocenters. The molecule has 1 aromatic carbocycles. The maximum absolute atomic E-state index is 5.48. The molecule has 0 spiro atoms. The maximum Gasteiger partial charge on any atom is 0.165 e. The zero-order chi connectivity index (χ0) is 16.4. The van der Waals surface area contributed by atoms with Crippen molar-refractivity contribution < 1.29 is 4.74 Å². The first-order valence-electron chi connectivity index (χ1n) is 8.67. The Labute approximate surface area is 142 Å². The summed E-state index contributed by atoms with van der Waals surface area (Å²) >= 11 is 0. The van der Waals surface area contributed by atoms with Gasteiger partial charge in [-0.15, -0.1) is 5.10 Å². The molecule has 1 aliphatic heterocycles. The van der Waals surface area contributed by atoms with E-state index in [4.69, 9.17) is 4.74 Å². The number of anilines is 1. The number of hydrogen-bond acceptors (Lipinski definition) is 6. The molecular formula is C17H24N6O. The molecule has 1 saturated carbocycles. The fourth-order valence-electron chi connectivity index (χ4n) is 3.26. The third-order valence-corrected chi connectivity index (χ3v) is 4.65. The highest BCUT2D eigenvalue weighted by Crippen LogP contribution is 2.34. The van der Waals surface area contributed by atoms with Gasteiger partial charge in [-0.3, -0.25) is 4.90 Å². The number of morpholine rings is 1. The SMILES string of the molecule is CN(Cc1ccccc1N1CCOCC1)Cc1nnnn1C1CC1. The predicted octanol–water partition coefficient (Wildman–Crippen LogP) is 1.48. The molecule has 4 rings (SSSR count). The van der Waals surface area contributed by atoms with Gasteiger partial charge in [-0.2, -0.15) is 0 Å². The Morgan fingerprint density at radius 3 is 2.75 bits per heavy atom. The Hall–Kier alpha value is -1.99. The second-order valence-corrected chi connectivity index (χ2v) is 6.67. The third-order valence-electron chi connectivity index (χ3n) is 4.65. The molecule has 7 heteroatoms. The zero-order valence-electron chi connectivity index (χ0n) is 14.1. The van der Waals surface area contributed by atoms with Gasteiger partial charge >= 0.3 is 0 Å². The van der Waals surface area contributed by atoms with E-state index in [1.165, 1.54) is 24.1 Å². The first kappa shape index (κ1) is 15.5. The van der Waals surface area contributed by atoms with Gasteiger partial charge in [0.05, 0.1) is 25.8 Å². The molecule has 0 N–H and O–H groups in total. The smallest absolute Gasteiger partial charge is 0.165 e. The molecule has 0 bridgehead atoms. The van der Waals surface area contributed by atoms with E-state index >= 15 is 0 Å². The summed E-state index contributed by atoms with van der Waals surface area (Å²) in [4.78, 5) is 4.70. The number of aromatic nitrogens is 4. The van der Waals surface area contributed by atoms with Crippen molar-refractivity contribution in [2.24, 2.45) is 0 Å². The summed E-state index contributed by atoms with van der Waals surface area (Å²) in [6.45, 7) is 5.17. The monoisotopic (exact) mass is 328 g/mol. The van der Waals surface area contributed by atoms with Crippen molar-refractivity contribution in [1.82, 2.24) is 25.1 Å². The van der Waals surface area contributed by atoms with E-state index in [9.17, 15) is 0 Å². The molecule has 0 radical (unpaired) electrons. The van der Waals surface area contributed by atoms with Crippen LogP contribution >= 0.6 is 0 Å². The Morgan fingerprint density at radius 1 is 1.17 bits per heavy atom. The largest absolute Gasteiger partial charge is 0.378 e. The summed E-state index contributed by atoms with van der Waals surface area (Å²) in [5.41, 5.74) is 2.65. The summed E-state index contributed by atoms with van der Waals surface area (Å²) in [6, 6.07) is 9.17. The summed E-state index contributed by atoms with van der Waals surface area (Å²) < 4.78 is 7.47. The van der Waals surface area contributed by atoms with Crippen LogP contribution in [-0.2, 0) is 17.8 Å². The molecule has 2 fully saturated rings. The van der Waals surface area contributed by atoms with E-state index in [1.54, 1.807) is 0 Å². The number of ether oxygens (including phenoxy) is 1. The van der Waals surface area contributed by atoms with Crippen molar-refractivity contribution in [3.63, 3.8) is 0 Å². The van der Waals surface area contributed by atoms with Gasteiger partial charge in [0.25, 0.3) is 0 Å². The highest BCUT2D eigenvalue weighted by molar-refractivity contribution is 5.53. The lowest BCUT2D eigenvalue weighted by Crippen LogP contribution is -2.37. The van der Waals surface area contributed by atoms with E-state index in [0.717, 1.165) is 45.2 Å². The van der Waals surface area contributed by atoms with Crippen LogP contribution in [0.3, 0.4) is 0 Å². The Morgan fingerprint density at radius 2 is 1.96 bits per heavy atom. The van der Waals surface area contributed by atoms with Crippen LogP contribution in [0.25, 0.3) is 0 Å². The molecule has 1 saturated heterocycles. The van der Waals surface area contributed by atoms with Crippen LogP contribution in [0.15, 0.2) is 24.3 Å². The van der Waals surface area contributed by atoms with Crippen LogP contribution in [0, 0.1) is 0 Å². The summed E-state index contributed by atoms with van der Waals surface area (Å²) in [5, 5.41) is 12.2. The van der Waals surface area contributed by atoms with E-state index in [0.29, 0.717) is 6.04 Å². The number of rotatable bonds is 6. The van der Waals surface area contributed by atoms with Gasteiger partial charge in [-0.25, -0.2) is 4.68 Å². The molecule has 2 heterocycles. The second kappa shape index (κ2) is 6.86. The van der Waals surface area contributed by atoms with Gasteiger partial charge in [-0.1, -0.05) is 18.2 Å². The number of nitrogens with zero attached hydrogens (tertiary/aromatic N) is 6. The highest BCUT2D eigenvalue weighted by Gasteiger charge is 2.28. The molecule has 2 aromatic rings. The zero-order valence-corrected chi connectivity index (χ0v) is 14.1. The van der Waals surface area contributed by atoms with Gasteiger partial charge < -0.3 is 9.64 Å². The van der Waals surface area contributed by atoms with Crippen LogP contribution in [-0.4, -0.2) is 58.5 Å². The van der Waals surface area contributed by atoms with Crippen LogP contribution in [0.4, 0.5) is 5.69 Å². The molecule has 0 amide bonds. The third kappa shape index (κ3) is 3.42. The van der Waals surface area contributed by atoms with E-state index in [1.807, 2.05) is 4.68 Å². The maximum atomic E-state index is 5.48. The van der Waals surface area contributed by atoms with Gasteiger partial charge in [0, 0.05) is 25.3 Å². The minimum Gasteiger partial charge on any atom is -0.378 e. The second-order valence-electron chi connectivity index (χ2n) is 6.67. The predicted molar refractivity (Wildman–Crippen MR) is 90.7 cm³/mol. The molecule has 128 valence electrons. The molecule has 0 atom stereocenters. The lowest BCUT2D eigenvalue weighted by molar-refractivity contribution is 0.122.